The van der Waals surface area contributed by atoms with Gasteiger partial charge in [0.05, 0.1) is 22.7 Å². The molecule has 0 amide bonds. The van der Waals surface area contributed by atoms with E-state index in [2.05, 4.69) is 15.9 Å². The highest BCUT2D eigenvalue weighted by Crippen LogP contribution is 2.38. The van der Waals surface area contributed by atoms with Crippen molar-refractivity contribution in [3.63, 3.8) is 0 Å². The Bertz CT molecular complexity index is 917. The molecule has 5 nitrogen and oxygen atoms in total. The van der Waals surface area contributed by atoms with Gasteiger partial charge in [-0.05, 0) is 60.0 Å². The lowest BCUT2D eigenvalue weighted by molar-refractivity contribution is 0.327. The summed E-state index contributed by atoms with van der Waals surface area (Å²) in [7, 11) is -4.04. The second-order valence-corrected chi connectivity index (χ2v) is 7.51. The van der Waals surface area contributed by atoms with Crippen LogP contribution in [0.25, 0.3) is 0 Å². The van der Waals surface area contributed by atoms with Crippen molar-refractivity contribution in [1.29, 1.82) is 5.26 Å². The molecule has 2 rings (SSSR count). The molecule has 0 radical (unpaired) electrons. The van der Waals surface area contributed by atoms with Gasteiger partial charge in [0.2, 0.25) is 0 Å². The van der Waals surface area contributed by atoms with E-state index in [1.165, 1.54) is 12.1 Å². The highest BCUT2D eigenvalue weighted by Gasteiger charge is 2.24. The van der Waals surface area contributed by atoms with E-state index in [0.29, 0.717) is 22.2 Å². The van der Waals surface area contributed by atoms with E-state index in [1.807, 2.05) is 19.1 Å². The number of benzene rings is 2. The van der Waals surface area contributed by atoms with E-state index < -0.39 is 10.1 Å². The number of ether oxygens (including phenoxy) is 1. The zero-order valence-corrected chi connectivity index (χ0v) is 15.9. The van der Waals surface area contributed by atoms with Crippen LogP contribution in [0, 0.1) is 25.2 Å². The van der Waals surface area contributed by atoms with Crippen molar-refractivity contribution < 1.29 is 17.3 Å². The van der Waals surface area contributed by atoms with Crippen LogP contribution in [0.4, 0.5) is 0 Å². The predicted molar refractivity (Wildman–Crippen MR) is 93.8 cm³/mol. The molecule has 0 bridgehead atoms. The Kier molecular flexibility index (Phi) is 5.52. The maximum Gasteiger partial charge on any atom is 0.339 e. The molecule has 0 N–H and O–H groups in total. The van der Waals surface area contributed by atoms with Gasteiger partial charge in [-0.1, -0.05) is 12.1 Å². The SMILES string of the molecule is CCOc1cc(C#N)cc(Br)c1OS(=O)(=O)c1cc(C)ccc1C. The van der Waals surface area contributed by atoms with Crippen LogP contribution in [0.15, 0.2) is 39.7 Å². The van der Waals surface area contributed by atoms with Crippen LogP contribution >= 0.6 is 15.9 Å². The van der Waals surface area contributed by atoms with Gasteiger partial charge in [-0.25, -0.2) is 0 Å². The molecular formula is C17H16BrNO4S. The Hall–Kier alpha value is -2.04. The maximum atomic E-state index is 12.7. The van der Waals surface area contributed by atoms with Crippen molar-refractivity contribution in [2.75, 3.05) is 6.61 Å². The lowest BCUT2D eigenvalue weighted by Gasteiger charge is -2.15. The fourth-order valence-corrected chi connectivity index (χ4v) is 4.01. The summed E-state index contributed by atoms with van der Waals surface area (Å²) in [6.07, 6.45) is 0. The molecule has 0 unspecified atom stereocenters. The van der Waals surface area contributed by atoms with Gasteiger partial charge in [-0.15, -0.1) is 0 Å². The van der Waals surface area contributed by atoms with Gasteiger partial charge in [0.15, 0.2) is 11.5 Å². The maximum absolute atomic E-state index is 12.7. The summed E-state index contributed by atoms with van der Waals surface area (Å²) in [5.74, 6) is 0.217. The zero-order valence-electron chi connectivity index (χ0n) is 13.5. The fraction of sp³-hybridized carbons (Fsp3) is 0.235. The molecule has 0 aliphatic heterocycles. The quantitative estimate of drug-likeness (QED) is 0.694. The first-order chi connectivity index (χ1) is 11.3. The standard InChI is InChI=1S/C17H16BrNO4S/c1-4-22-15-9-13(10-19)8-14(18)17(15)23-24(20,21)16-7-11(2)5-6-12(16)3/h5-9H,4H2,1-3H3. The average Bonchev–Trinajstić information content (AvgIpc) is 2.52. The molecule has 0 spiro atoms. The third-order valence-electron chi connectivity index (χ3n) is 3.24. The minimum Gasteiger partial charge on any atom is -0.490 e. The summed E-state index contributed by atoms with van der Waals surface area (Å²) >= 11 is 3.25. The van der Waals surface area contributed by atoms with Crippen molar-refractivity contribution in [3.8, 4) is 17.6 Å². The minimum atomic E-state index is -4.04. The van der Waals surface area contributed by atoms with Gasteiger partial charge in [0.25, 0.3) is 0 Å². The molecule has 0 fully saturated rings. The van der Waals surface area contributed by atoms with Crippen LogP contribution < -0.4 is 8.92 Å². The van der Waals surface area contributed by atoms with Gasteiger partial charge in [0.1, 0.15) is 4.90 Å². The summed E-state index contributed by atoms with van der Waals surface area (Å²) in [4.78, 5) is 0.0983. The van der Waals surface area contributed by atoms with Gasteiger partial charge >= 0.3 is 10.1 Å². The second kappa shape index (κ2) is 7.24. The summed E-state index contributed by atoms with van der Waals surface area (Å²) < 4.78 is 36.4. The first-order valence-electron chi connectivity index (χ1n) is 7.16. The predicted octanol–water partition coefficient (Wildman–Crippen LogP) is 4.10. The van der Waals surface area contributed by atoms with Crippen LogP contribution in [-0.4, -0.2) is 15.0 Å². The Morgan fingerprint density at radius 2 is 1.92 bits per heavy atom. The fourth-order valence-electron chi connectivity index (χ4n) is 2.11. The number of aryl methyl sites for hydroxylation is 2. The molecule has 2 aromatic carbocycles. The highest BCUT2D eigenvalue weighted by molar-refractivity contribution is 9.10. The smallest absolute Gasteiger partial charge is 0.339 e. The van der Waals surface area contributed by atoms with Crippen molar-refractivity contribution in [2.24, 2.45) is 0 Å². The summed E-state index contributed by atoms with van der Waals surface area (Å²) in [5.41, 5.74) is 1.73. The molecule has 7 heteroatoms. The molecule has 0 aliphatic carbocycles. The van der Waals surface area contributed by atoms with Gasteiger partial charge in [-0.3, -0.25) is 0 Å². The number of rotatable bonds is 5. The normalized spacial score (nSPS) is 11.0. The van der Waals surface area contributed by atoms with Gasteiger partial charge in [0, 0.05) is 6.07 Å². The molecule has 0 aromatic heterocycles. The van der Waals surface area contributed by atoms with Crippen molar-refractivity contribution in [2.45, 2.75) is 25.7 Å². The number of nitriles is 1. The van der Waals surface area contributed by atoms with Crippen molar-refractivity contribution >= 4 is 26.0 Å². The zero-order chi connectivity index (χ0) is 17.9. The number of halogens is 1. The molecule has 0 saturated carbocycles. The topological polar surface area (TPSA) is 76.4 Å². The average molecular weight is 410 g/mol. The third-order valence-corrected chi connectivity index (χ3v) is 5.20. The molecule has 2 aromatic rings. The lowest BCUT2D eigenvalue weighted by atomic mass is 10.2. The first kappa shape index (κ1) is 18.3. The molecule has 0 atom stereocenters. The highest BCUT2D eigenvalue weighted by atomic mass is 79.9. The Morgan fingerprint density at radius 1 is 1.21 bits per heavy atom. The molecule has 0 aliphatic rings. The summed E-state index contributed by atoms with van der Waals surface area (Å²) in [5, 5.41) is 9.04. The van der Waals surface area contributed by atoms with E-state index >= 15 is 0 Å². The van der Waals surface area contributed by atoms with Crippen LogP contribution in [0.2, 0.25) is 0 Å². The van der Waals surface area contributed by atoms with Crippen LogP contribution in [-0.2, 0) is 10.1 Å². The number of nitrogens with zero attached hydrogens (tertiary/aromatic N) is 1. The monoisotopic (exact) mass is 409 g/mol. The van der Waals surface area contributed by atoms with Gasteiger partial charge in [-0.2, -0.15) is 13.7 Å². The largest absolute Gasteiger partial charge is 0.490 e. The van der Waals surface area contributed by atoms with Crippen molar-refractivity contribution in [1.82, 2.24) is 0 Å². The van der Waals surface area contributed by atoms with Gasteiger partial charge < -0.3 is 8.92 Å². The molecule has 0 saturated heterocycles. The number of hydrogen-bond donors (Lipinski definition) is 0. The van der Waals surface area contributed by atoms with E-state index in [0.717, 1.165) is 5.56 Å². The molecule has 24 heavy (non-hydrogen) atoms. The van der Waals surface area contributed by atoms with E-state index in [1.54, 1.807) is 26.0 Å². The van der Waals surface area contributed by atoms with E-state index in [4.69, 9.17) is 14.2 Å². The molecule has 126 valence electrons. The molecule has 0 heterocycles. The Labute approximate surface area is 150 Å². The lowest BCUT2D eigenvalue weighted by Crippen LogP contribution is -2.13. The minimum absolute atomic E-state index is 0.0248. The Balaban J connectivity index is 2.54. The second-order valence-electron chi connectivity index (χ2n) is 5.14. The van der Waals surface area contributed by atoms with E-state index in [-0.39, 0.29) is 16.4 Å². The molecular weight excluding hydrogens is 394 g/mol. The Morgan fingerprint density at radius 3 is 2.54 bits per heavy atom. The van der Waals surface area contributed by atoms with E-state index in [9.17, 15) is 8.42 Å². The van der Waals surface area contributed by atoms with Crippen LogP contribution in [0.1, 0.15) is 23.6 Å². The van der Waals surface area contributed by atoms with Crippen molar-refractivity contribution in [3.05, 3.63) is 51.5 Å². The first-order valence-corrected chi connectivity index (χ1v) is 9.36. The summed E-state index contributed by atoms with van der Waals surface area (Å²) in [6.45, 7) is 5.58. The third kappa shape index (κ3) is 3.89. The van der Waals surface area contributed by atoms with Crippen LogP contribution in [0.3, 0.4) is 0 Å². The number of hydrogen-bond acceptors (Lipinski definition) is 5. The summed E-state index contributed by atoms with van der Waals surface area (Å²) in [6, 6.07) is 10.0. The van der Waals surface area contributed by atoms with Crippen LogP contribution in [0.5, 0.6) is 11.5 Å².